The lowest BCUT2D eigenvalue weighted by molar-refractivity contribution is -0.148. The highest BCUT2D eigenvalue weighted by Crippen LogP contribution is 2.38. The predicted octanol–water partition coefficient (Wildman–Crippen LogP) is 2.50. The third-order valence-corrected chi connectivity index (χ3v) is 5.50. The molecule has 2 saturated heterocycles. The first kappa shape index (κ1) is 15.9. The van der Waals surface area contributed by atoms with Gasteiger partial charge in [0, 0.05) is 18.7 Å². The van der Waals surface area contributed by atoms with Gasteiger partial charge >= 0.3 is 0 Å². The van der Waals surface area contributed by atoms with E-state index >= 15 is 0 Å². The molecule has 4 rings (SSSR count). The quantitative estimate of drug-likeness (QED) is 0.848. The van der Waals surface area contributed by atoms with E-state index in [4.69, 9.17) is 9.47 Å². The maximum Gasteiger partial charge on any atom is 0.208 e. The molecule has 0 radical (unpaired) electrons. The van der Waals surface area contributed by atoms with Gasteiger partial charge in [0.15, 0.2) is 0 Å². The van der Waals surface area contributed by atoms with E-state index in [1.807, 2.05) is 32.0 Å². The van der Waals surface area contributed by atoms with Gasteiger partial charge in [0.2, 0.25) is 5.13 Å². The summed E-state index contributed by atoms with van der Waals surface area (Å²) in [5, 5.41) is 10.3. The normalized spacial score (nSPS) is 22.6. The lowest BCUT2D eigenvalue weighted by Gasteiger charge is -2.52. The highest BCUT2D eigenvalue weighted by Gasteiger charge is 2.48. The van der Waals surface area contributed by atoms with Crippen molar-refractivity contribution in [3.05, 3.63) is 34.6 Å². The largest absolute Gasteiger partial charge is 0.372 e. The Kier molecular flexibility index (Phi) is 4.24. The van der Waals surface area contributed by atoms with E-state index in [9.17, 15) is 0 Å². The van der Waals surface area contributed by atoms with E-state index in [1.54, 1.807) is 11.3 Å². The summed E-state index contributed by atoms with van der Waals surface area (Å²) in [5.41, 5.74) is 1.94. The maximum atomic E-state index is 6.11. The number of aromatic nitrogens is 3. The average Bonchev–Trinajstić information content (AvgIpc) is 2.97. The van der Waals surface area contributed by atoms with Crippen molar-refractivity contribution < 1.29 is 9.47 Å². The van der Waals surface area contributed by atoms with Crippen molar-refractivity contribution in [3.8, 4) is 0 Å². The van der Waals surface area contributed by atoms with E-state index in [-0.39, 0.29) is 11.7 Å². The standard InChI is InChI=1S/C17H22N4O2S/c1-12-4-3-5-14(18-12)9-22-15-6-7-23-17(8-15)10-21(11-17)16-20-19-13(2)24-16/h3-5,15H,6-11H2,1-2H3. The molecule has 0 N–H and O–H groups in total. The summed E-state index contributed by atoms with van der Waals surface area (Å²) in [6.07, 6.45) is 2.12. The summed E-state index contributed by atoms with van der Waals surface area (Å²) in [6, 6.07) is 6.05. The summed E-state index contributed by atoms with van der Waals surface area (Å²) in [6.45, 7) is 7.08. The molecule has 1 atom stereocenters. The number of ether oxygens (including phenoxy) is 2. The Hall–Kier alpha value is -1.57. The van der Waals surface area contributed by atoms with E-state index in [2.05, 4.69) is 20.1 Å². The smallest absolute Gasteiger partial charge is 0.208 e. The van der Waals surface area contributed by atoms with Gasteiger partial charge in [-0.1, -0.05) is 17.4 Å². The first-order chi connectivity index (χ1) is 11.6. The van der Waals surface area contributed by atoms with Gasteiger partial charge in [0.1, 0.15) is 10.6 Å². The Morgan fingerprint density at radius 2 is 2.21 bits per heavy atom. The average molecular weight is 346 g/mol. The molecule has 2 fully saturated rings. The minimum Gasteiger partial charge on any atom is -0.372 e. The van der Waals surface area contributed by atoms with Crippen LogP contribution in [0, 0.1) is 13.8 Å². The molecule has 0 amide bonds. The molecule has 4 heterocycles. The summed E-state index contributed by atoms with van der Waals surface area (Å²) in [5.74, 6) is 0. The van der Waals surface area contributed by atoms with E-state index < -0.39 is 0 Å². The van der Waals surface area contributed by atoms with Crippen molar-refractivity contribution in [3.63, 3.8) is 0 Å². The zero-order valence-electron chi connectivity index (χ0n) is 14.1. The second kappa shape index (κ2) is 6.38. The minimum absolute atomic E-state index is 0.0808. The molecule has 128 valence electrons. The van der Waals surface area contributed by atoms with Crippen LogP contribution in [0.15, 0.2) is 18.2 Å². The SMILES string of the molecule is Cc1cccc(COC2CCOC3(C2)CN(c2nnc(C)s2)C3)n1. The maximum absolute atomic E-state index is 6.11. The monoisotopic (exact) mass is 346 g/mol. The zero-order chi connectivity index (χ0) is 16.6. The van der Waals surface area contributed by atoms with Crippen molar-refractivity contribution >= 4 is 16.5 Å². The highest BCUT2D eigenvalue weighted by atomic mass is 32.1. The molecule has 24 heavy (non-hydrogen) atoms. The molecular formula is C17H22N4O2S. The number of hydrogen-bond donors (Lipinski definition) is 0. The van der Waals surface area contributed by atoms with Crippen LogP contribution in [0.1, 0.15) is 29.2 Å². The van der Waals surface area contributed by atoms with Crippen molar-refractivity contribution in [1.82, 2.24) is 15.2 Å². The third kappa shape index (κ3) is 3.29. The van der Waals surface area contributed by atoms with Gasteiger partial charge < -0.3 is 14.4 Å². The second-order valence-corrected chi connectivity index (χ2v) is 7.85. The van der Waals surface area contributed by atoms with Gasteiger partial charge in [0.25, 0.3) is 0 Å². The Balaban J connectivity index is 1.32. The Morgan fingerprint density at radius 3 is 2.96 bits per heavy atom. The predicted molar refractivity (Wildman–Crippen MR) is 92.3 cm³/mol. The van der Waals surface area contributed by atoms with Crippen molar-refractivity contribution in [1.29, 1.82) is 0 Å². The van der Waals surface area contributed by atoms with Crippen LogP contribution in [-0.2, 0) is 16.1 Å². The summed E-state index contributed by atoms with van der Waals surface area (Å²) in [7, 11) is 0. The van der Waals surface area contributed by atoms with Crippen LogP contribution in [0.25, 0.3) is 0 Å². The molecule has 7 heteroatoms. The van der Waals surface area contributed by atoms with Crippen molar-refractivity contribution in [2.45, 2.75) is 45.0 Å². The number of nitrogens with zero attached hydrogens (tertiary/aromatic N) is 4. The van der Waals surface area contributed by atoms with Gasteiger partial charge in [-0.3, -0.25) is 4.98 Å². The summed E-state index contributed by atoms with van der Waals surface area (Å²) in [4.78, 5) is 6.75. The van der Waals surface area contributed by atoms with Gasteiger partial charge in [0.05, 0.1) is 31.5 Å². The molecule has 6 nitrogen and oxygen atoms in total. The first-order valence-corrected chi connectivity index (χ1v) is 9.17. The van der Waals surface area contributed by atoms with E-state index in [0.29, 0.717) is 6.61 Å². The second-order valence-electron chi connectivity index (χ2n) is 6.69. The lowest BCUT2D eigenvalue weighted by Crippen LogP contribution is -2.66. The van der Waals surface area contributed by atoms with Crippen LogP contribution in [0.5, 0.6) is 0 Å². The molecule has 2 aromatic rings. The fourth-order valence-corrected chi connectivity index (χ4v) is 4.11. The first-order valence-electron chi connectivity index (χ1n) is 8.35. The third-order valence-electron chi connectivity index (χ3n) is 4.60. The number of hydrogen-bond acceptors (Lipinski definition) is 7. The van der Waals surface area contributed by atoms with Crippen LogP contribution in [0.4, 0.5) is 5.13 Å². The molecular weight excluding hydrogens is 324 g/mol. The van der Waals surface area contributed by atoms with E-state index in [1.165, 1.54) is 0 Å². The molecule has 0 bridgehead atoms. The number of rotatable bonds is 4. The molecule has 1 spiro atoms. The number of anilines is 1. The lowest BCUT2D eigenvalue weighted by atomic mass is 9.85. The molecule has 2 aromatic heterocycles. The molecule has 0 saturated carbocycles. The zero-order valence-corrected chi connectivity index (χ0v) is 14.9. The fraction of sp³-hybridized carbons (Fsp3) is 0.588. The highest BCUT2D eigenvalue weighted by molar-refractivity contribution is 7.15. The van der Waals surface area contributed by atoms with E-state index in [0.717, 1.165) is 54.1 Å². The Labute approximate surface area is 145 Å². The van der Waals surface area contributed by atoms with Crippen LogP contribution in [-0.4, -0.2) is 46.6 Å². The number of aryl methyl sites for hydroxylation is 2. The molecule has 1 unspecified atom stereocenters. The van der Waals surface area contributed by atoms with Crippen LogP contribution >= 0.6 is 11.3 Å². The van der Waals surface area contributed by atoms with Crippen LogP contribution in [0.2, 0.25) is 0 Å². The molecule has 2 aliphatic heterocycles. The fourth-order valence-electron chi connectivity index (χ4n) is 3.43. The van der Waals surface area contributed by atoms with Crippen molar-refractivity contribution in [2.75, 3.05) is 24.6 Å². The Morgan fingerprint density at radius 1 is 1.33 bits per heavy atom. The molecule has 0 aliphatic carbocycles. The topological polar surface area (TPSA) is 60.4 Å². The number of pyridine rings is 1. The van der Waals surface area contributed by atoms with Crippen LogP contribution in [0.3, 0.4) is 0 Å². The summed E-state index contributed by atoms with van der Waals surface area (Å²) >= 11 is 1.64. The van der Waals surface area contributed by atoms with Gasteiger partial charge in [-0.2, -0.15) is 0 Å². The molecule has 2 aliphatic rings. The summed E-state index contributed by atoms with van der Waals surface area (Å²) < 4.78 is 12.2. The van der Waals surface area contributed by atoms with Crippen molar-refractivity contribution in [2.24, 2.45) is 0 Å². The van der Waals surface area contributed by atoms with Crippen LogP contribution < -0.4 is 4.90 Å². The van der Waals surface area contributed by atoms with Gasteiger partial charge in [-0.15, -0.1) is 10.2 Å². The Bertz CT molecular complexity index is 714. The van der Waals surface area contributed by atoms with Gasteiger partial charge in [-0.05, 0) is 32.4 Å². The van der Waals surface area contributed by atoms with Gasteiger partial charge in [-0.25, -0.2) is 0 Å². The molecule has 0 aromatic carbocycles. The minimum atomic E-state index is -0.0808.